The summed E-state index contributed by atoms with van der Waals surface area (Å²) in [6.45, 7) is 3.07. The predicted octanol–water partition coefficient (Wildman–Crippen LogP) is 0.139. The highest BCUT2D eigenvalue weighted by Gasteiger charge is 2.30. The van der Waals surface area contributed by atoms with E-state index in [9.17, 15) is 13.2 Å². The first kappa shape index (κ1) is 17.6. The van der Waals surface area contributed by atoms with Crippen LogP contribution in [0.4, 0.5) is 0 Å². The maximum atomic E-state index is 12.6. The molecule has 0 unspecified atom stereocenters. The van der Waals surface area contributed by atoms with Gasteiger partial charge in [0.2, 0.25) is 10.0 Å². The molecule has 1 heterocycles. The highest BCUT2D eigenvalue weighted by Crippen LogP contribution is 2.20. The molecule has 0 fully saturated rings. The Morgan fingerprint density at radius 2 is 2.05 bits per heavy atom. The van der Waals surface area contributed by atoms with Gasteiger partial charge in [-0.2, -0.15) is 9.40 Å². The van der Waals surface area contributed by atoms with Gasteiger partial charge >= 0.3 is 5.97 Å². The van der Waals surface area contributed by atoms with Crippen molar-refractivity contribution in [2.75, 3.05) is 13.2 Å². The Bertz CT molecular complexity index is 565. The second-order valence-corrected chi connectivity index (χ2v) is 6.47. The van der Waals surface area contributed by atoms with E-state index in [0.29, 0.717) is 12.8 Å². The largest absolute Gasteiger partial charge is 0.480 e. The Balaban J connectivity index is 3.10. The van der Waals surface area contributed by atoms with Crippen LogP contribution in [-0.2, 0) is 21.4 Å². The number of nitrogens with zero attached hydrogens (tertiary/aromatic N) is 3. The lowest BCUT2D eigenvalue weighted by Gasteiger charge is -2.28. The normalized spacial score (nSPS) is 12.2. The van der Waals surface area contributed by atoms with E-state index in [1.165, 1.54) is 10.5 Å². The summed E-state index contributed by atoms with van der Waals surface area (Å²) in [5.74, 6) is -1.10. The fraction of sp³-hybridized carbons (Fsp3) is 0.667. The van der Waals surface area contributed by atoms with E-state index < -0.39 is 22.5 Å². The minimum atomic E-state index is -3.80. The zero-order valence-electron chi connectivity index (χ0n) is 12.1. The van der Waals surface area contributed by atoms with E-state index in [0.717, 1.165) is 10.9 Å². The molecule has 0 bridgehead atoms. The van der Waals surface area contributed by atoms with Crippen molar-refractivity contribution in [3.63, 3.8) is 0 Å². The predicted molar refractivity (Wildman–Crippen MR) is 75.2 cm³/mol. The summed E-state index contributed by atoms with van der Waals surface area (Å²) in [5, 5.41) is 21.5. The van der Waals surface area contributed by atoms with Gasteiger partial charge in [0, 0.05) is 18.8 Å². The summed E-state index contributed by atoms with van der Waals surface area (Å²) < 4.78 is 27.5. The third-order valence-electron chi connectivity index (χ3n) is 3.18. The van der Waals surface area contributed by atoms with Crippen LogP contribution < -0.4 is 0 Å². The van der Waals surface area contributed by atoms with Crippen LogP contribution in [-0.4, -0.2) is 57.9 Å². The number of aromatic nitrogens is 2. The minimum Gasteiger partial charge on any atom is -0.480 e. The smallest absolute Gasteiger partial charge is 0.325 e. The van der Waals surface area contributed by atoms with Crippen LogP contribution in [0.2, 0.25) is 0 Å². The van der Waals surface area contributed by atoms with E-state index in [1.807, 2.05) is 13.8 Å². The number of aliphatic hydroxyl groups excluding tert-OH is 1. The lowest BCUT2D eigenvalue weighted by atomic mass is 10.2. The van der Waals surface area contributed by atoms with Gasteiger partial charge in [-0.25, -0.2) is 8.42 Å². The number of hydrogen-bond acceptors (Lipinski definition) is 5. The van der Waals surface area contributed by atoms with Crippen molar-refractivity contribution in [3.8, 4) is 0 Å². The second kappa shape index (κ2) is 7.53. The molecule has 9 heteroatoms. The van der Waals surface area contributed by atoms with Crippen molar-refractivity contribution in [1.82, 2.24) is 14.1 Å². The Morgan fingerprint density at radius 1 is 1.43 bits per heavy atom. The van der Waals surface area contributed by atoms with E-state index in [2.05, 4.69) is 5.10 Å². The van der Waals surface area contributed by atoms with Crippen LogP contribution in [0.1, 0.15) is 26.7 Å². The first-order valence-electron chi connectivity index (χ1n) is 6.73. The molecule has 0 saturated carbocycles. The van der Waals surface area contributed by atoms with Crippen LogP contribution in [0, 0.1) is 0 Å². The van der Waals surface area contributed by atoms with E-state index in [4.69, 9.17) is 10.2 Å². The molecule has 0 spiro atoms. The summed E-state index contributed by atoms with van der Waals surface area (Å²) >= 11 is 0. The number of carbonyl (C=O) groups is 1. The SMILES string of the molecule is CCC(CC)N(CCO)S(=O)(=O)c1cnn(CC(=O)O)c1. The fourth-order valence-corrected chi connectivity index (χ4v) is 3.85. The highest BCUT2D eigenvalue weighted by molar-refractivity contribution is 7.89. The lowest BCUT2D eigenvalue weighted by Crippen LogP contribution is -2.41. The summed E-state index contributed by atoms with van der Waals surface area (Å²) in [6, 6.07) is -0.218. The van der Waals surface area contributed by atoms with Crippen molar-refractivity contribution in [2.45, 2.75) is 44.2 Å². The molecular weight excluding hydrogens is 298 g/mol. The van der Waals surface area contributed by atoms with Gasteiger partial charge in [-0.15, -0.1) is 0 Å². The van der Waals surface area contributed by atoms with Crippen molar-refractivity contribution >= 4 is 16.0 Å². The van der Waals surface area contributed by atoms with Crippen molar-refractivity contribution in [2.24, 2.45) is 0 Å². The number of aliphatic hydroxyl groups is 1. The number of rotatable bonds is 9. The van der Waals surface area contributed by atoms with Crippen molar-refractivity contribution < 1.29 is 23.4 Å². The van der Waals surface area contributed by atoms with Gasteiger partial charge in [0.25, 0.3) is 0 Å². The Kier molecular flexibility index (Phi) is 6.31. The monoisotopic (exact) mass is 319 g/mol. The molecule has 2 N–H and O–H groups in total. The second-order valence-electron chi connectivity index (χ2n) is 4.58. The molecule has 1 rings (SSSR count). The maximum absolute atomic E-state index is 12.6. The molecule has 8 nitrogen and oxygen atoms in total. The summed E-state index contributed by atoms with van der Waals surface area (Å²) in [7, 11) is -3.80. The molecule has 0 aliphatic heterocycles. The molecule has 0 aliphatic rings. The third kappa shape index (κ3) is 4.26. The van der Waals surface area contributed by atoms with Gasteiger partial charge in [-0.05, 0) is 12.8 Å². The topological polar surface area (TPSA) is 113 Å². The maximum Gasteiger partial charge on any atom is 0.325 e. The molecule has 0 atom stereocenters. The molecule has 1 aromatic rings. The van der Waals surface area contributed by atoms with Crippen molar-refractivity contribution in [1.29, 1.82) is 0 Å². The minimum absolute atomic E-state index is 0.00120. The van der Waals surface area contributed by atoms with Gasteiger partial charge in [0.15, 0.2) is 0 Å². The zero-order valence-corrected chi connectivity index (χ0v) is 13.0. The zero-order chi connectivity index (χ0) is 16.0. The summed E-state index contributed by atoms with van der Waals surface area (Å²) in [5.41, 5.74) is 0. The average molecular weight is 319 g/mol. The van der Waals surface area contributed by atoms with Crippen LogP contribution in [0.5, 0.6) is 0 Å². The van der Waals surface area contributed by atoms with Gasteiger partial charge < -0.3 is 10.2 Å². The van der Waals surface area contributed by atoms with Crippen LogP contribution >= 0.6 is 0 Å². The molecule has 0 radical (unpaired) electrons. The summed E-state index contributed by atoms with van der Waals surface area (Å²) in [6.07, 6.45) is 3.57. The Morgan fingerprint density at radius 3 is 2.52 bits per heavy atom. The summed E-state index contributed by atoms with van der Waals surface area (Å²) in [4.78, 5) is 10.5. The van der Waals surface area contributed by atoms with Gasteiger partial charge in [-0.3, -0.25) is 9.48 Å². The van der Waals surface area contributed by atoms with Gasteiger partial charge in [0.1, 0.15) is 11.4 Å². The number of aliphatic carboxylic acids is 1. The number of carboxylic acids is 1. The lowest BCUT2D eigenvalue weighted by molar-refractivity contribution is -0.137. The van der Waals surface area contributed by atoms with E-state index in [-0.39, 0.29) is 24.1 Å². The highest BCUT2D eigenvalue weighted by atomic mass is 32.2. The third-order valence-corrected chi connectivity index (χ3v) is 5.09. The van der Waals surface area contributed by atoms with Crippen LogP contribution in [0.25, 0.3) is 0 Å². The van der Waals surface area contributed by atoms with Crippen molar-refractivity contribution in [3.05, 3.63) is 12.4 Å². The number of carboxylic acid groups (broad SMARTS) is 1. The average Bonchev–Trinajstić information content (AvgIpc) is 2.87. The van der Waals surface area contributed by atoms with E-state index in [1.54, 1.807) is 0 Å². The molecule has 0 amide bonds. The molecular formula is C12H21N3O5S. The Hall–Kier alpha value is -1.45. The Labute approximate surface area is 124 Å². The molecule has 0 saturated heterocycles. The first-order valence-corrected chi connectivity index (χ1v) is 8.17. The standard InChI is InChI=1S/C12H21N3O5S/c1-3-10(4-2)15(5-6-16)21(19,20)11-7-13-14(8-11)9-12(17)18/h7-8,10,16H,3-6,9H2,1-2H3,(H,17,18). The van der Waals surface area contributed by atoms with Gasteiger partial charge in [0.05, 0.1) is 12.8 Å². The van der Waals surface area contributed by atoms with Crippen LogP contribution in [0.15, 0.2) is 17.3 Å². The molecule has 120 valence electrons. The van der Waals surface area contributed by atoms with Crippen LogP contribution in [0.3, 0.4) is 0 Å². The first-order chi connectivity index (χ1) is 9.86. The van der Waals surface area contributed by atoms with Gasteiger partial charge in [-0.1, -0.05) is 13.8 Å². The molecule has 21 heavy (non-hydrogen) atoms. The molecule has 0 aliphatic carbocycles. The van der Waals surface area contributed by atoms with E-state index >= 15 is 0 Å². The molecule has 0 aromatic carbocycles. The number of hydrogen-bond donors (Lipinski definition) is 2. The quantitative estimate of drug-likeness (QED) is 0.669. The fourth-order valence-electron chi connectivity index (χ4n) is 2.13. The number of sulfonamides is 1. The molecule has 1 aromatic heterocycles.